The summed E-state index contributed by atoms with van der Waals surface area (Å²) in [6.07, 6.45) is 1.99. The van der Waals surface area contributed by atoms with Crippen LogP contribution in [0.15, 0.2) is 18.2 Å². The van der Waals surface area contributed by atoms with Gasteiger partial charge >= 0.3 is 0 Å². The molecule has 1 heterocycles. The van der Waals surface area contributed by atoms with Gasteiger partial charge in [0.2, 0.25) is 0 Å². The predicted molar refractivity (Wildman–Crippen MR) is 77.3 cm³/mol. The third-order valence-corrected chi connectivity index (χ3v) is 4.78. The van der Waals surface area contributed by atoms with Crippen LogP contribution in [0.5, 0.6) is 11.5 Å². The number of hydrogen-bond donors (Lipinski definition) is 1. The number of nitrogens with one attached hydrogen (secondary N) is 1. The molecule has 106 valence electrons. The summed E-state index contributed by atoms with van der Waals surface area (Å²) in [4.78, 5) is 0. The van der Waals surface area contributed by atoms with Crippen molar-refractivity contribution in [3.63, 3.8) is 0 Å². The van der Waals surface area contributed by atoms with Gasteiger partial charge in [0.05, 0.1) is 14.2 Å². The maximum atomic E-state index is 11.3. The average Bonchev–Trinajstić information content (AvgIpc) is 2.46. The van der Waals surface area contributed by atoms with Crippen molar-refractivity contribution in [2.45, 2.75) is 25.4 Å². The first kappa shape index (κ1) is 14.3. The van der Waals surface area contributed by atoms with E-state index in [1.165, 1.54) is 0 Å². The van der Waals surface area contributed by atoms with Gasteiger partial charge in [-0.2, -0.15) is 0 Å². The highest BCUT2D eigenvalue weighted by Crippen LogP contribution is 2.22. The van der Waals surface area contributed by atoms with Crippen molar-refractivity contribution in [2.75, 3.05) is 25.7 Å². The molecule has 0 spiro atoms. The van der Waals surface area contributed by atoms with Crippen LogP contribution in [0, 0.1) is 0 Å². The van der Waals surface area contributed by atoms with E-state index in [4.69, 9.17) is 9.47 Å². The molecule has 0 unspecified atom stereocenters. The summed E-state index contributed by atoms with van der Waals surface area (Å²) in [5.41, 5.74) is 1.14. The van der Waals surface area contributed by atoms with Gasteiger partial charge in [0.1, 0.15) is 11.5 Å². The van der Waals surface area contributed by atoms with Crippen LogP contribution in [0.3, 0.4) is 0 Å². The monoisotopic (exact) mass is 283 g/mol. The normalized spacial score (nSPS) is 23.1. The van der Waals surface area contributed by atoms with Crippen LogP contribution in [0.25, 0.3) is 0 Å². The Balaban J connectivity index is 1.93. The van der Waals surface area contributed by atoms with Gasteiger partial charge in [0, 0.05) is 41.0 Å². The Morgan fingerprint density at radius 1 is 1.16 bits per heavy atom. The summed E-state index contributed by atoms with van der Waals surface area (Å²) < 4.78 is 21.8. The van der Waals surface area contributed by atoms with Gasteiger partial charge in [-0.1, -0.05) is 0 Å². The quantitative estimate of drug-likeness (QED) is 0.893. The smallest absolute Gasteiger partial charge is 0.122 e. The first-order chi connectivity index (χ1) is 9.21. The second-order valence-electron chi connectivity index (χ2n) is 4.72. The van der Waals surface area contributed by atoms with Gasteiger partial charge in [0.25, 0.3) is 0 Å². The van der Waals surface area contributed by atoms with E-state index in [9.17, 15) is 4.21 Å². The van der Waals surface area contributed by atoms with E-state index in [2.05, 4.69) is 5.32 Å². The molecule has 0 amide bonds. The van der Waals surface area contributed by atoms with Gasteiger partial charge in [-0.25, -0.2) is 0 Å². The van der Waals surface area contributed by atoms with Crippen molar-refractivity contribution >= 4 is 10.8 Å². The average molecular weight is 283 g/mol. The molecule has 1 saturated heterocycles. The molecule has 0 bridgehead atoms. The molecule has 0 aliphatic carbocycles. The second-order valence-corrected chi connectivity index (χ2v) is 6.42. The summed E-state index contributed by atoms with van der Waals surface area (Å²) in [7, 11) is 2.71. The molecule has 1 N–H and O–H groups in total. The van der Waals surface area contributed by atoms with Crippen LogP contribution in [-0.4, -0.2) is 36.0 Å². The molecule has 1 aliphatic rings. The van der Waals surface area contributed by atoms with Gasteiger partial charge in [-0.05, 0) is 30.5 Å². The Hall–Kier alpha value is -1.07. The molecule has 0 radical (unpaired) electrons. The SMILES string of the molecule is COc1cc(CNC2CCS(=O)CC2)cc(OC)c1. The van der Waals surface area contributed by atoms with E-state index in [1.54, 1.807) is 14.2 Å². The molecule has 1 aliphatic heterocycles. The van der Waals surface area contributed by atoms with E-state index in [0.29, 0.717) is 6.04 Å². The van der Waals surface area contributed by atoms with Crippen molar-refractivity contribution in [2.24, 2.45) is 0 Å². The fourth-order valence-electron chi connectivity index (χ4n) is 2.23. The van der Waals surface area contributed by atoms with E-state index < -0.39 is 10.8 Å². The zero-order valence-electron chi connectivity index (χ0n) is 11.5. The van der Waals surface area contributed by atoms with Crippen LogP contribution in [-0.2, 0) is 17.3 Å². The Kier molecular flexibility index (Phi) is 5.22. The zero-order chi connectivity index (χ0) is 13.7. The molecular weight excluding hydrogens is 262 g/mol. The molecule has 19 heavy (non-hydrogen) atoms. The molecule has 1 fully saturated rings. The van der Waals surface area contributed by atoms with Crippen LogP contribution in [0.4, 0.5) is 0 Å². The molecule has 2 rings (SSSR count). The molecular formula is C14H21NO3S. The van der Waals surface area contributed by atoms with E-state index in [-0.39, 0.29) is 0 Å². The van der Waals surface area contributed by atoms with Crippen molar-refractivity contribution in [3.8, 4) is 11.5 Å². The summed E-state index contributed by atoms with van der Waals surface area (Å²) >= 11 is 0. The van der Waals surface area contributed by atoms with Crippen LogP contribution in [0.2, 0.25) is 0 Å². The molecule has 1 aromatic carbocycles. The van der Waals surface area contributed by atoms with Crippen molar-refractivity contribution in [1.82, 2.24) is 5.32 Å². The van der Waals surface area contributed by atoms with Crippen molar-refractivity contribution < 1.29 is 13.7 Å². The third-order valence-electron chi connectivity index (χ3n) is 3.39. The largest absolute Gasteiger partial charge is 0.497 e. The van der Waals surface area contributed by atoms with Crippen molar-refractivity contribution in [3.05, 3.63) is 23.8 Å². The lowest BCUT2D eigenvalue weighted by atomic mass is 10.1. The van der Waals surface area contributed by atoms with Crippen molar-refractivity contribution in [1.29, 1.82) is 0 Å². The molecule has 4 nitrogen and oxygen atoms in total. The number of ether oxygens (including phenoxy) is 2. The maximum Gasteiger partial charge on any atom is 0.122 e. The maximum absolute atomic E-state index is 11.3. The topological polar surface area (TPSA) is 47.6 Å². The lowest BCUT2D eigenvalue weighted by molar-refractivity contribution is 0.392. The Labute approximate surface area is 116 Å². The van der Waals surface area contributed by atoms with Gasteiger partial charge < -0.3 is 14.8 Å². The molecule has 5 heteroatoms. The van der Waals surface area contributed by atoms with Crippen LogP contribution < -0.4 is 14.8 Å². The fraction of sp³-hybridized carbons (Fsp3) is 0.571. The highest BCUT2D eigenvalue weighted by Gasteiger charge is 2.17. The Morgan fingerprint density at radius 2 is 1.74 bits per heavy atom. The third kappa shape index (κ3) is 4.21. The minimum Gasteiger partial charge on any atom is -0.497 e. The molecule has 0 aromatic heterocycles. The summed E-state index contributed by atoms with van der Waals surface area (Å²) in [6, 6.07) is 6.36. The molecule has 0 atom stereocenters. The molecule has 0 saturated carbocycles. The van der Waals surface area contributed by atoms with Gasteiger partial charge in [0.15, 0.2) is 0 Å². The fourth-order valence-corrected chi connectivity index (χ4v) is 3.53. The minimum atomic E-state index is -0.599. The summed E-state index contributed by atoms with van der Waals surface area (Å²) in [5, 5.41) is 3.52. The van der Waals surface area contributed by atoms with Gasteiger partial charge in [-0.3, -0.25) is 4.21 Å². The summed E-state index contributed by atoms with van der Waals surface area (Å²) in [6.45, 7) is 0.783. The highest BCUT2D eigenvalue weighted by molar-refractivity contribution is 7.85. The molecule has 1 aromatic rings. The lowest BCUT2D eigenvalue weighted by Crippen LogP contribution is -2.35. The number of methoxy groups -OCH3 is 2. The number of hydrogen-bond acceptors (Lipinski definition) is 4. The Bertz CT molecular complexity index is 418. The second kappa shape index (κ2) is 6.91. The number of benzene rings is 1. The van der Waals surface area contributed by atoms with E-state index in [1.807, 2.05) is 18.2 Å². The Morgan fingerprint density at radius 3 is 2.26 bits per heavy atom. The first-order valence-corrected chi connectivity index (χ1v) is 8.00. The van der Waals surface area contributed by atoms with E-state index in [0.717, 1.165) is 48.0 Å². The van der Waals surface area contributed by atoms with Gasteiger partial charge in [-0.15, -0.1) is 0 Å². The minimum absolute atomic E-state index is 0.467. The highest BCUT2D eigenvalue weighted by atomic mass is 32.2. The predicted octanol–water partition coefficient (Wildman–Crippen LogP) is 1.70. The van der Waals surface area contributed by atoms with E-state index >= 15 is 0 Å². The van der Waals surface area contributed by atoms with Crippen LogP contribution >= 0.6 is 0 Å². The number of rotatable bonds is 5. The standard InChI is InChI=1S/C14H21NO3S/c1-17-13-7-11(8-14(9-13)18-2)10-15-12-3-5-19(16)6-4-12/h7-9,12,15H,3-6,10H2,1-2H3. The lowest BCUT2D eigenvalue weighted by Gasteiger charge is -2.22. The zero-order valence-corrected chi connectivity index (χ0v) is 12.3. The van der Waals surface area contributed by atoms with Crippen LogP contribution in [0.1, 0.15) is 18.4 Å². The first-order valence-electron chi connectivity index (χ1n) is 6.51. The summed E-state index contributed by atoms with van der Waals surface area (Å²) in [5.74, 6) is 3.25.